The lowest BCUT2D eigenvalue weighted by Crippen LogP contribution is -2.50. The fourth-order valence-electron chi connectivity index (χ4n) is 9.72. The van der Waals surface area contributed by atoms with Gasteiger partial charge in [0.05, 0.1) is 24.1 Å². The van der Waals surface area contributed by atoms with Crippen LogP contribution in [0.15, 0.2) is 8.95 Å². The van der Waals surface area contributed by atoms with Gasteiger partial charge in [-0.05, 0) is 119 Å². The molecule has 53 heavy (non-hydrogen) atoms. The van der Waals surface area contributed by atoms with Gasteiger partial charge in [0.25, 0.3) is 0 Å². The van der Waals surface area contributed by atoms with Crippen molar-refractivity contribution in [2.45, 2.75) is 118 Å². The molecule has 0 spiro atoms. The molecule has 7 aromatic heterocycles. The lowest BCUT2D eigenvalue weighted by molar-refractivity contribution is 0.0416. The van der Waals surface area contributed by atoms with Gasteiger partial charge in [0, 0.05) is 62.5 Å². The lowest BCUT2D eigenvalue weighted by atomic mass is 9.75. The first-order chi connectivity index (χ1) is 25.0. The SMILES string of the molecule is CC(C)[C@@H]1CC[C@@H](C)C[C@H]1O[Si](C)(C)c1sc2sc3sc4sc5sc6sc7sc([Si](C)(C)O[C@@H]8C[C@H](C)CC[C@H]8C(C)C)c(Br)c7c6c5c4c3c2c1Br. The van der Waals surface area contributed by atoms with Gasteiger partial charge in [-0.25, -0.2) is 0 Å². The molecule has 0 bridgehead atoms. The molecule has 286 valence electrons. The van der Waals surface area contributed by atoms with E-state index in [1.807, 2.05) is 79.4 Å². The second kappa shape index (κ2) is 14.2. The number of rotatable bonds is 8. The van der Waals surface area contributed by atoms with Crippen LogP contribution in [0.3, 0.4) is 0 Å². The van der Waals surface area contributed by atoms with Gasteiger partial charge in [-0.2, -0.15) is 0 Å². The molecular formula is C40H50Br2O2S7Si2. The zero-order chi connectivity index (χ0) is 37.5. The van der Waals surface area contributed by atoms with Crippen molar-refractivity contribution in [1.29, 1.82) is 0 Å². The van der Waals surface area contributed by atoms with Crippen molar-refractivity contribution in [3.8, 4) is 0 Å². The first kappa shape index (κ1) is 39.2. The molecule has 0 N–H and O–H groups in total. The zero-order valence-electron chi connectivity index (χ0n) is 32.3. The van der Waals surface area contributed by atoms with Crippen molar-refractivity contribution >= 4 is 193 Å². The second-order valence-corrected chi connectivity index (χ2v) is 36.5. The smallest absolute Gasteiger partial charge is 0.229 e. The van der Waals surface area contributed by atoms with Crippen LogP contribution in [0.1, 0.15) is 80.1 Å². The summed E-state index contributed by atoms with van der Waals surface area (Å²) in [6, 6.07) is 0. The average molecular weight is 1000 g/mol. The van der Waals surface area contributed by atoms with Crippen LogP contribution >= 0.6 is 111 Å². The lowest BCUT2D eigenvalue weighted by Gasteiger charge is -2.41. The summed E-state index contributed by atoms with van der Waals surface area (Å²) in [5.74, 6) is 4.15. The Hall–Kier alpha value is 0.774. The van der Waals surface area contributed by atoms with E-state index in [2.05, 4.69) is 99.6 Å². The third-order valence-corrected chi connectivity index (χ3v) is 31.9. The van der Waals surface area contributed by atoms with Gasteiger partial charge in [-0.3, -0.25) is 0 Å². The number of thiophene rings is 7. The molecule has 7 aromatic rings. The molecule has 0 amide bonds. The summed E-state index contributed by atoms with van der Waals surface area (Å²) in [4.78, 5) is 0. The second-order valence-electron chi connectivity index (χ2n) is 18.0. The maximum atomic E-state index is 7.34. The van der Waals surface area contributed by atoms with Crippen LogP contribution in [0.4, 0.5) is 0 Å². The highest BCUT2D eigenvalue weighted by atomic mass is 79.9. The fraction of sp³-hybridized carbons (Fsp3) is 0.600. The van der Waals surface area contributed by atoms with E-state index in [0.717, 1.165) is 11.8 Å². The molecule has 2 nitrogen and oxygen atoms in total. The highest BCUT2D eigenvalue weighted by Crippen LogP contribution is 2.58. The van der Waals surface area contributed by atoms with Crippen LogP contribution in [-0.2, 0) is 8.85 Å². The first-order valence-corrected chi connectivity index (χ1v) is 32.5. The molecule has 2 aliphatic rings. The summed E-state index contributed by atoms with van der Waals surface area (Å²) in [5.41, 5.74) is 0. The van der Waals surface area contributed by atoms with Gasteiger partial charge in [0.1, 0.15) is 0 Å². The van der Waals surface area contributed by atoms with Crippen LogP contribution in [0.2, 0.25) is 26.2 Å². The van der Waals surface area contributed by atoms with E-state index >= 15 is 0 Å². The molecule has 0 radical (unpaired) electrons. The molecule has 2 fully saturated rings. The van der Waals surface area contributed by atoms with E-state index in [9.17, 15) is 0 Å². The number of hydrogen-bond acceptors (Lipinski definition) is 9. The van der Waals surface area contributed by atoms with Crippen LogP contribution in [0.25, 0.3) is 56.4 Å². The Bertz CT molecular complexity index is 2330. The average Bonchev–Trinajstić information content (AvgIpc) is 3.89. The molecule has 9 rings (SSSR count). The standard InChI is InChI=1S/C40H50Br2O2S7Si2/c1-17(2)21-13-11-19(5)15-23(21)43-52(7,8)39-31(41)29-27-25-26-28-30-32(42)40(53(9,10)44-24-16-20(6)12-14-22(24)18(3)4)51-38(30)49-36(28)47-34(26)45-33(25)46-35(27)48-37(29)50-39/h17-24H,11-16H2,1-10H3/t19-,20-,21+,22+,23-,24-/m1/s1. The maximum absolute atomic E-state index is 7.34. The molecular weight excluding hydrogens is 953 g/mol. The van der Waals surface area contributed by atoms with Crippen molar-refractivity contribution in [3.05, 3.63) is 8.95 Å². The molecule has 0 aromatic carbocycles. The highest BCUT2D eigenvalue weighted by molar-refractivity contribution is 9.11. The molecule has 6 atom stereocenters. The summed E-state index contributed by atoms with van der Waals surface area (Å²) < 4.78 is 29.1. The van der Waals surface area contributed by atoms with Gasteiger partial charge >= 0.3 is 0 Å². The highest BCUT2D eigenvalue weighted by Gasteiger charge is 2.42. The summed E-state index contributed by atoms with van der Waals surface area (Å²) in [7, 11) is -4.36. The van der Waals surface area contributed by atoms with E-state index in [-0.39, 0.29) is 0 Å². The van der Waals surface area contributed by atoms with Crippen LogP contribution in [-0.4, -0.2) is 28.8 Å². The van der Waals surface area contributed by atoms with Gasteiger partial charge in [0.15, 0.2) is 0 Å². The molecule has 2 saturated carbocycles. The predicted octanol–water partition coefficient (Wildman–Crippen LogP) is 16.3. The quantitative estimate of drug-likeness (QED) is 0.141. The minimum atomic E-state index is -2.18. The summed E-state index contributed by atoms with van der Waals surface area (Å²) in [6.45, 7) is 24.3. The number of fused-ring (bicyclic) bond motifs is 11. The fourth-order valence-corrected chi connectivity index (χ4v) is 31.3. The van der Waals surface area contributed by atoms with Crippen LogP contribution in [0.5, 0.6) is 0 Å². The molecule has 13 heteroatoms. The Morgan fingerprint density at radius 1 is 0.491 bits per heavy atom. The molecule has 7 heterocycles. The van der Waals surface area contributed by atoms with Crippen molar-refractivity contribution in [2.24, 2.45) is 35.5 Å². The maximum Gasteiger partial charge on any atom is 0.229 e. The van der Waals surface area contributed by atoms with E-state index in [1.54, 1.807) is 0 Å². The normalized spacial score (nSPS) is 25.4. The minimum absolute atomic E-state index is 0.368. The van der Waals surface area contributed by atoms with Gasteiger partial charge in [-0.15, -0.1) is 79.4 Å². The summed E-state index contributed by atoms with van der Waals surface area (Å²) >= 11 is 22.7. The monoisotopic (exact) mass is 1000 g/mol. The van der Waals surface area contributed by atoms with E-state index < -0.39 is 16.6 Å². The van der Waals surface area contributed by atoms with Crippen molar-refractivity contribution in [1.82, 2.24) is 0 Å². The number of hydrogen-bond donors (Lipinski definition) is 0. The summed E-state index contributed by atoms with van der Waals surface area (Å²) in [5, 5.41) is 8.84. The Labute approximate surface area is 361 Å². The van der Waals surface area contributed by atoms with Gasteiger partial charge in [-0.1, -0.05) is 54.4 Å². The molecule has 2 aliphatic carbocycles. The molecule has 0 aliphatic heterocycles. The Morgan fingerprint density at radius 3 is 1.11 bits per heavy atom. The van der Waals surface area contributed by atoms with Crippen molar-refractivity contribution in [3.63, 3.8) is 0 Å². The van der Waals surface area contributed by atoms with Crippen molar-refractivity contribution < 1.29 is 8.85 Å². The Kier molecular flexibility index (Phi) is 10.5. The molecule has 0 saturated heterocycles. The topological polar surface area (TPSA) is 18.5 Å². The van der Waals surface area contributed by atoms with E-state index in [1.165, 1.54) is 113 Å². The third-order valence-electron chi connectivity index (χ3n) is 12.5. The Morgan fingerprint density at radius 2 is 0.792 bits per heavy atom. The molecule has 0 unspecified atom stereocenters. The summed E-state index contributed by atoms with van der Waals surface area (Å²) in [6.07, 6.45) is 8.41. The zero-order valence-corrected chi connectivity index (χ0v) is 43.2. The van der Waals surface area contributed by atoms with Crippen LogP contribution in [0, 0.1) is 35.5 Å². The largest absolute Gasteiger partial charge is 0.409 e. The minimum Gasteiger partial charge on any atom is -0.409 e. The predicted molar refractivity (Wildman–Crippen MR) is 259 cm³/mol. The van der Waals surface area contributed by atoms with E-state index in [0.29, 0.717) is 35.9 Å². The Balaban J connectivity index is 1.15. The van der Waals surface area contributed by atoms with Gasteiger partial charge < -0.3 is 8.85 Å². The third kappa shape index (κ3) is 6.49. The van der Waals surface area contributed by atoms with Gasteiger partial charge in [0.2, 0.25) is 16.6 Å². The first-order valence-electron chi connectivity index (χ1n) is 19.4. The van der Waals surface area contributed by atoms with E-state index in [4.69, 9.17) is 8.85 Å². The van der Waals surface area contributed by atoms with Crippen LogP contribution < -0.4 is 9.00 Å². The number of halogens is 2. The van der Waals surface area contributed by atoms with Crippen molar-refractivity contribution in [2.75, 3.05) is 0 Å².